The van der Waals surface area contributed by atoms with Crippen molar-refractivity contribution in [3.8, 4) is 6.01 Å². The maximum Gasteiger partial charge on any atom is 0.316 e. The molecule has 0 unspecified atom stereocenters. The van der Waals surface area contributed by atoms with E-state index in [0.29, 0.717) is 12.6 Å². The zero-order valence-corrected chi connectivity index (χ0v) is 7.58. The summed E-state index contributed by atoms with van der Waals surface area (Å²) in [4.78, 5) is 8.03. The van der Waals surface area contributed by atoms with Crippen LogP contribution in [-0.4, -0.2) is 16.6 Å². The van der Waals surface area contributed by atoms with Crippen LogP contribution in [-0.2, 0) is 0 Å². The Kier molecular flexibility index (Phi) is 3.51. The van der Waals surface area contributed by atoms with E-state index < -0.39 is 0 Å². The zero-order valence-electron chi connectivity index (χ0n) is 7.58. The van der Waals surface area contributed by atoms with Crippen LogP contribution in [0.5, 0.6) is 6.01 Å². The highest BCUT2D eigenvalue weighted by atomic mass is 16.5. The van der Waals surface area contributed by atoms with E-state index in [-0.39, 0.29) is 0 Å². The number of nitrogens with zero attached hydrogens (tertiary/aromatic N) is 2. The van der Waals surface area contributed by atoms with Crippen LogP contribution in [0.1, 0.15) is 25.3 Å². The molecule has 0 radical (unpaired) electrons. The van der Waals surface area contributed by atoms with Gasteiger partial charge in [0.2, 0.25) is 0 Å². The highest BCUT2D eigenvalue weighted by molar-refractivity contribution is 5.04. The van der Waals surface area contributed by atoms with E-state index in [9.17, 15) is 0 Å². The third-order valence-electron chi connectivity index (χ3n) is 1.49. The SMILES string of the molecule is CCCCOc1ncc(C)cn1. The third-order valence-corrected chi connectivity index (χ3v) is 1.49. The number of aryl methyl sites for hydroxylation is 1. The molecule has 0 N–H and O–H groups in total. The van der Waals surface area contributed by atoms with Gasteiger partial charge in [-0.25, -0.2) is 9.97 Å². The predicted molar refractivity (Wildman–Crippen MR) is 47.2 cm³/mol. The van der Waals surface area contributed by atoms with Gasteiger partial charge in [0.15, 0.2) is 0 Å². The van der Waals surface area contributed by atoms with Crippen molar-refractivity contribution >= 4 is 0 Å². The van der Waals surface area contributed by atoms with Crippen LogP contribution in [0.4, 0.5) is 0 Å². The molecule has 3 heteroatoms. The molecule has 0 atom stereocenters. The van der Waals surface area contributed by atoms with Gasteiger partial charge in [-0.2, -0.15) is 0 Å². The molecule has 3 nitrogen and oxygen atoms in total. The van der Waals surface area contributed by atoms with E-state index in [1.165, 1.54) is 0 Å². The first-order valence-corrected chi connectivity index (χ1v) is 4.24. The molecule has 0 spiro atoms. The van der Waals surface area contributed by atoms with Gasteiger partial charge in [0, 0.05) is 12.4 Å². The second kappa shape index (κ2) is 4.70. The van der Waals surface area contributed by atoms with Gasteiger partial charge in [-0.3, -0.25) is 0 Å². The summed E-state index contributed by atoms with van der Waals surface area (Å²) in [6, 6.07) is 0.481. The van der Waals surface area contributed by atoms with Gasteiger partial charge in [-0.15, -0.1) is 0 Å². The highest BCUT2D eigenvalue weighted by Gasteiger charge is 1.94. The van der Waals surface area contributed by atoms with Gasteiger partial charge < -0.3 is 4.74 Å². The zero-order chi connectivity index (χ0) is 8.81. The van der Waals surface area contributed by atoms with Crippen LogP contribution in [0.15, 0.2) is 12.4 Å². The number of rotatable bonds is 4. The molecule has 1 rings (SSSR count). The first-order chi connectivity index (χ1) is 5.83. The minimum absolute atomic E-state index is 0.481. The molecule has 0 saturated carbocycles. The van der Waals surface area contributed by atoms with E-state index in [0.717, 1.165) is 18.4 Å². The molecule has 1 aromatic heterocycles. The van der Waals surface area contributed by atoms with Gasteiger partial charge in [0.25, 0.3) is 0 Å². The molecule has 1 heterocycles. The van der Waals surface area contributed by atoms with Gasteiger partial charge >= 0.3 is 6.01 Å². The molecule has 0 aliphatic carbocycles. The second-order valence-electron chi connectivity index (χ2n) is 2.75. The number of hydrogen-bond donors (Lipinski definition) is 0. The lowest BCUT2D eigenvalue weighted by molar-refractivity contribution is 0.285. The summed E-state index contributed by atoms with van der Waals surface area (Å²) in [5.41, 5.74) is 1.05. The molecule has 0 aromatic carbocycles. The highest BCUT2D eigenvalue weighted by Crippen LogP contribution is 2.01. The molecule has 66 valence electrons. The van der Waals surface area contributed by atoms with E-state index in [1.807, 2.05) is 6.92 Å². The molecular formula is C9H14N2O. The largest absolute Gasteiger partial charge is 0.463 e. The molecule has 0 aliphatic heterocycles. The van der Waals surface area contributed by atoms with Crippen molar-refractivity contribution in [2.24, 2.45) is 0 Å². The topological polar surface area (TPSA) is 35.0 Å². The van der Waals surface area contributed by atoms with Crippen molar-refractivity contribution in [2.75, 3.05) is 6.61 Å². The first kappa shape index (κ1) is 8.97. The molecule has 0 amide bonds. The van der Waals surface area contributed by atoms with Crippen LogP contribution in [0.25, 0.3) is 0 Å². The minimum Gasteiger partial charge on any atom is -0.463 e. The molecule has 0 bridgehead atoms. The lowest BCUT2D eigenvalue weighted by Gasteiger charge is -2.01. The Morgan fingerprint density at radius 3 is 2.58 bits per heavy atom. The molecule has 12 heavy (non-hydrogen) atoms. The van der Waals surface area contributed by atoms with E-state index in [4.69, 9.17) is 4.74 Å². The fourth-order valence-corrected chi connectivity index (χ4v) is 0.763. The van der Waals surface area contributed by atoms with Crippen molar-refractivity contribution in [3.05, 3.63) is 18.0 Å². The lowest BCUT2D eigenvalue weighted by Crippen LogP contribution is -2.00. The van der Waals surface area contributed by atoms with E-state index in [2.05, 4.69) is 16.9 Å². The Labute approximate surface area is 72.8 Å². The molecule has 1 aromatic rings. The second-order valence-corrected chi connectivity index (χ2v) is 2.75. The summed E-state index contributed by atoms with van der Waals surface area (Å²) in [6.07, 6.45) is 5.70. The minimum atomic E-state index is 0.481. The Morgan fingerprint density at radius 1 is 1.33 bits per heavy atom. The fraction of sp³-hybridized carbons (Fsp3) is 0.556. The standard InChI is InChI=1S/C9H14N2O/c1-3-4-5-12-9-10-6-8(2)7-11-9/h6-7H,3-5H2,1-2H3. The predicted octanol–water partition coefficient (Wildman–Crippen LogP) is 1.96. The average Bonchev–Trinajstić information content (AvgIpc) is 2.09. The maximum absolute atomic E-state index is 5.28. The van der Waals surface area contributed by atoms with Crippen molar-refractivity contribution in [2.45, 2.75) is 26.7 Å². The van der Waals surface area contributed by atoms with Crippen molar-refractivity contribution < 1.29 is 4.74 Å². The molecular weight excluding hydrogens is 152 g/mol. The third kappa shape index (κ3) is 2.86. The lowest BCUT2D eigenvalue weighted by atomic mass is 10.4. The van der Waals surface area contributed by atoms with Gasteiger partial charge in [0.05, 0.1) is 6.61 Å². The van der Waals surface area contributed by atoms with Gasteiger partial charge in [0.1, 0.15) is 0 Å². The van der Waals surface area contributed by atoms with Crippen LogP contribution in [0, 0.1) is 6.92 Å². The van der Waals surface area contributed by atoms with Crippen molar-refractivity contribution in [3.63, 3.8) is 0 Å². The van der Waals surface area contributed by atoms with Crippen LogP contribution in [0.3, 0.4) is 0 Å². The number of unbranched alkanes of at least 4 members (excludes halogenated alkanes) is 1. The van der Waals surface area contributed by atoms with Gasteiger partial charge in [-0.1, -0.05) is 13.3 Å². The number of aromatic nitrogens is 2. The number of hydrogen-bond acceptors (Lipinski definition) is 3. The average molecular weight is 166 g/mol. The van der Waals surface area contributed by atoms with Gasteiger partial charge in [-0.05, 0) is 18.9 Å². The van der Waals surface area contributed by atoms with Crippen LogP contribution < -0.4 is 4.74 Å². The Balaban J connectivity index is 2.37. The van der Waals surface area contributed by atoms with E-state index >= 15 is 0 Å². The summed E-state index contributed by atoms with van der Waals surface area (Å²) in [5, 5.41) is 0. The summed E-state index contributed by atoms with van der Waals surface area (Å²) in [6.45, 7) is 4.79. The maximum atomic E-state index is 5.28. The first-order valence-electron chi connectivity index (χ1n) is 4.24. The normalized spacial score (nSPS) is 9.83. The van der Waals surface area contributed by atoms with Crippen molar-refractivity contribution in [1.29, 1.82) is 0 Å². The molecule has 0 aliphatic rings. The summed E-state index contributed by atoms with van der Waals surface area (Å²) in [7, 11) is 0. The fourth-order valence-electron chi connectivity index (χ4n) is 0.763. The Morgan fingerprint density at radius 2 is 2.00 bits per heavy atom. The Hall–Kier alpha value is -1.12. The molecule has 0 saturated heterocycles. The summed E-state index contributed by atoms with van der Waals surface area (Å²) >= 11 is 0. The van der Waals surface area contributed by atoms with E-state index in [1.54, 1.807) is 12.4 Å². The van der Waals surface area contributed by atoms with Crippen molar-refractivity contribution in [1.82, 2.24) is 9.97 Å². The molecule has 0 fully saturated rings. The Bertz CT molecular complexity index is 220. The smallest absolute Gasteiger partial charge is 0.316 e. The monoisotopic (exact) mass is 166 g/mol. The number of ether oxygens (including phenoxy) is 1. The summed E-state index contributed by atoms with van der Waals surface area (Å²) in [5.74, 6) is 0. The quantitative estimate of drug-likeness (QED) is 0.641. The summed E-state index contributed by atoms with van der Waals surface area (Å²) < 4.78 is 5.28. The van der Waals surface area contributed by atoms with Crippen LogP contribution in [0.2, 0.25) is 0 Å². The van der Waals surface area contributed by atoms with Crippen LogP contribution >= 0.6 is 0 Å².